The van der Waals surface area contributed by atoms with Crippen molar-refractivity contribution >= 4 is 15.9 Å². The molecule has 0 radical (unpaired) electrons. The lowest BCUT2D eigenvalue weighted by atomic mass is 9.89. The van der Waals surface area contributed by atoms with E-state index in [1.165, 1.54) is 17.4 Å². The minimum Gasteiger partial charge on any atom is -0.343 e. The van der Waals surface area contributed by atoms with Crippen molar-refractivity contribution in [1.29, 1.82) is 0 Å². The van der Waals surface area contributed by atoms with E-state index in [2.05, 4.69) is 41.1 Å². The summed E-state index contributed by atoms with van der Waals surface area (Å²) in [6, 6.07) is 18.8. The standard InChI is InChI=1S/C25H34N2O3S/c1-31(29,30)26-17-14-22-10-12-23(13-11-22)20-24-15-18-27(19-16-24)25(28)9-5-8-21-6-3-2-4-7-21/h2-4,6-7,10-13,24,26H,5,8-9,14-20H2,1H3. The zero-order chi connectivity index (χ0) is 22.1. The van der Waals surface area contributed by atoms with Crippen LogP contribution in [-0.4, -0.2) is 45.1 Å². The van der Waals surface area contributed by atoms with E-state index in [9.17, 15) is 13.2 Å². The minimum absolute atomic E-state index is 0.293. The summed E-state index contributed by atoms with van der Waals surface area (Å²) in [5.74, 6) is 0.910. The van der Waals surface area contributed by atoms with Crippen molar-refractivity contribution in [2.24, 2.45) is 5.92 Å². The number of hydrogen-bond acceptors (Lipinski definition) is 3. The molecule has 1 amide bonds. The Morgan fingerprint density at radius 3 is 2.19 bits per heavy atom. The number of sulfonamides is 1. The largest absolute Gasteiger partial charge is 0.343 e. The Morgan fingerprint density at radius 1 is 0.935 bits per heavy atom. The number of carbonyl (C=O) groups is 1. The van der Waals surface area contributed by atoms with Gasteiger partial charge in [-0.1, -0.05) is 54.6 Å². The highest BCUT2D eigenvalue weighted by Crippen LogP contribution is 2.23. The fourth-order valence-corrected chi connectivity index (χ4v) is 4.66. The summed E-state index contributed by atoms with van der Waals surface area (Å²) in [5.41, 5.74) is 3.75. The average molecular weight is 443 g/mol. The molecular formula is C25H34N2O3S. The number of likely N-dealkylation sites (tertiary alicyclic amines) is 1. The highest BCUT2D eigenvalue weighted by molar-refractivity contribution is 7.88. The second kappa shape index (κ2) is 11.4. The van der Waals surface area contributed by atoms with Gasteiger partial charge >= 0.3 is 0 Å². The highest BCUT2D eigenvalue weighted by atomic mass is 32.2. The summed E-state index contributed by atoms with van der Waals surface area (Å²) in [6.07, 6.45) is 7.54. The van der Waals surface area contributed by atoms with Crippen molar-refractivity contribution < 1.29 is 13.2 Å². The zero-order valence-corrected chi connectivity index (χ0v) is 19.2. The van der Waals surface area contributed by atoms with E-state index in [0.717, 1.165) is 50.8 Å². The van der Waals surface area contributed by atoms with Crippen LogP contribution >= 0.6 is 0 Å². The first kappa shape index (κ1) is 23.5. The molecule has 0 saturated carbocycles. The van der Waals surface area contributed by atoms with E-state index in [1.54, 1.807) is 0 Å². The van der Waals surface area contributed by atoms with Gasteiger partial charge in [-0.05, 0) is 61.1 Å². The second-order valence-corrected chi connectivity index (χ2v) is 10.4. The van der Waals surface area contributed by atoms with E-state index in [-0.39, 0.29) is 0 Å². The number of nitrogens with zero attached hydrogens (tertiary/aromatic N) is 1. The highest BCUT2D eigenvalue weighted by Gasteiger charge is 2.22. The van der Waals surface area contributed by atoms with Crippen LogP contribution in [0.1, 0.15) is 42.4 Å². The molecule has 168 valence electrons. The summed E-state index contributed by atoms with van der Waals surface area (Å²) in [5, 5.41) is 0. The number of benzene rings is 2. The van der Waals surface area contributed by atoms with Gasteiger partial charge in [0.05, 0.1) is 6.26 Å². The van der Waals surface area contributed by atoms with Gasteiger partial charge in [0.2, 0.25) is 15.9 Å². The fourth-order valence-electron chi connectivity index (χ4n) is 4.19. The Balaban J connectivity index is 1.35. The molecule has 1 aliphatic rings. The first-order valence-corrected chi connectivity index (χ1v) is 13.1. The van der Waals surface area contributed by atoms with E-state index in [1.807, 2.05) is 23.1 Å². The predicted octanol–water partition coefficient (Wildman–Crippen LogP) is 3.58. The third kappa shape index (κ3) is 8.46. The zero-order valence-electron chi connectivity index (χ0n) is 18.4. The Kier molecular flexibility index (Phi) is 8.67. The molecule has 0 unspecified atom stereocenters. The van der Waals surface area contributed by atoms with Gasteiger partial charge in [0.1, 0.15) is 0 Å². The first-order chi connectivity index (χ1) is 14.9. The van der Waals surface area contributed by atoms with Gasteiger partial charge in [-0.25, -0.2) is 13.1 Å². The number of aryl methyl sites for hydroxylation is 1. The Bertz CT molecular complexity index is 919. The molecular weight excluding hydrogens is 408 g/mol. The van der Waals surface area contributed by atoms with Crippen LogP contribution in [0.25, 0.3) is 0 Å². The van der Waals surface area contributed by atoms with Gasteiger partial charge in [-0.15, -0.1) is 0 Å². The maximum atomic E-state index is 12.5. The molecule has 0 aromatic heterocycles. The SMILES string of the molecule is CS(=O)(=O)NCCc1ccc(CC2CCN(C(=O)CCCc3ccccc3)CC2)cc1. The second-order valence-electron chi connectivity index (χ2n) is 8.60. The molecule has 0 spiro atoms. The molecule has 1 aliphatic heterocycles. The number of rotatable bonds is 10. The van der Waals surface area contributed by atoms with E-state index < -0.39 is 10.0 Å². The van der Waals surface area contributed by atoms with Crippen molar-refractivity contribution in [3.8, 4) is 0 Å². The summed E-state index contributed by atoms with van der Waals surface area (Å²) in [7, 11) is -3.13. The number of nitrogens with one attached hydrogen (secondary N) is 1. The molecule has 31 heavy (non-hydrogen) atoms. The van der Waals surface area contributed by atoms with Crippen LogP contribution in [0.5, 0.6) is 0 Å². The molecule has 2 aromatic rings. The molecule has 1 saturated heterocycles. The summed E-state index contributed by atoms with van der Waals surface area (Å²) < 4.78 is 24.8. The molecule has 0 aliphatic carbocycles. The number of carbonyl (C=O) groups excluding carboxylic acids is 1. The smallest absolute Gasteiger partial charge is 0.222 e. The average Bonchev–Trinajstić information content (AvgIpc) is 2.75. The molecule has 0 bridgehead atoms. The van der Waals surface area contributed by atoms with Crippen molar-refractivity contribution in [2.75, 3.05) is 25.9 Å². The Morgan fingerprint density at radius 2 is 1.55 bits per heavy atom. The number of piperidine rings is 1. The molecule has 1 N–H and O–H groups in total. The maximum Gasteiger partial charge on any atom is 0.222 e. The molecule has 0 atom stereocenters. The molecule has 1 heterocycles. The Labute approximate surface area is 186 Å². The van der Waals surface area contributed by atoms with Crippen molar-refractivity contribution in [3.05, 3.63) is 71.3 Å². The lowest BCUT2D eigenvalue weighted by Crippen LogP contribution is -2.38. The van der Waals surface area contributed by atoms with Crippen LogP contribution in [0, 0.1) is 5.92 Å². The van der Waals surface area contributed by atoms with Crippen LogP contribution in [0.15, 0.2) is 54.6 Å². The summed E-state index contributed by atoms with van der Waals surface area (Å²) in [4.78, 5) is 14.6. The van der Waals surface area contributed by atoms with Gasteiger partial charge in [0.15, 0.2) is 0 Å². The van der Waals surface area contributed by atoms with Gasteiger partial charge < -0.3 is 4.90 Å². The van der Waals surface area contributed by atoms with Gasteiger partial charge in [-0.2, -0.15) is 0 Å². The number of amides is 1. The van der Waals surface area contributed by atoms with Crippen LogP contribution in [0.3, 0.4) is 0 Å². The van der Waals surface area contributed by atoms with Gasteiger partial charge in [0, 0.05) is 26.1 Å². The Hall–Kier alpha value is -2.18. The quantitative estimate of drug-likeness (QED) is 0.612. The maximum absolute atomic E-state index is 12.5. The summed E-state index contributed by atoms with van der Waals surface area (Å²) >= 11 is 0. The molecule has 3 rings (SSSR count). The number of hydrogen-bond donors (Lipinski definition) is 1. The fraction of sp³-hybridized carbons (Fsp3) is 0.480. The van der Waals surface area contributed by atoms with Crippen molar-refractivity contribution in [1.82, 2.24) is 9.62 Å². The van der Waals surface area contributed by atoms with Crippen LogP contribution in [0.4, 0.5) is 0 Å². The lowest BCUT2D eigenvalue weighted by molar-refractivity contribution is -0.132. The van der Waals surface area contributed by atoms with Crippen molar-refractivity contribution in [3.63, 3.8) is 0 Å². The predicted molar refractivity (Wildman–Crippen MR) is 125 cm³/mol. The third-order valence-corrected chi connectivity index (χ3v) is 6.72. The van der Waals surface area contributed by atoms with Crippen molar-refractivity contribution in [2.45, 2.75) is 44.9 Å². The normalized spacial score (nSPS) is 15.2. The van der Waals surface area contributed by atoms with Crippen LogP contribution < -0.4 is 4.72 Å². The van der Waals surface area contributed by atoms with Crippen LogP contribution in [0.2, 0.25) is 0 Å². The van der Waals surface area contributed by atoms with E-state index >= 15 is 0 Å². The van der Waals surface area contributed by atoms with E-state index in [4.69, 9.17) is 0 Å². The molecule has 5 nitrogen and oxygen atoms in total. The van der Waals surface area contributed by atoms with E-state index in [0.29, 0.717) is 31.2 Å². The molecule has 1 fully saturated rings. The molecule has 6 heteroatoms. The lowest BCUT2D eigenvalue weighted by Gasteiger charge is -2.32. The van der Waals surface area contributed by atoms with Gasteiger partial charge in [-0.3, -0.25) is 4.79 Å². The van der Waals surface area contributed by atoms with Gasteiger partial charge in [0.25, 0.3) is 0 Å². The minimum atomic E-state index is -3.13. The monoisotopic (exact) mass is 442 g/mol. The summed E-state index contributed by atoms with van der Waals surface area (Å²) in [6.45, 7) is 2.16. The third-order valence-electron chi connectivity index (χ3n) is 5.99. The van der Waals surface area contributed by atoms with Crippen LogP contribution in [-0.2, 0) is 34.1 Å². The topological polar surface area (TPSA) is 66.5 Å². The first-order valence-electron chi connectivity index (χ1n) is 11.2. The molecule has 2 aromatic carbocycles.